The van der Waals surface area contributed by atoms with Crippen LogP contribution in [0.2, 0.25) is 0 Å². The molecule has 3 aromatic rings. The Labute approximate surface area is 122 Å². The molecule has 3 rings (SSSR count). The Balaban J connectivity index is 1.55. The smallest absolute Gasteiger partial charge is 0.119 e. The first-order valence-electron chi connectivity index (χ1n) is 6.57. The molecule has 1 heterocycles. The molecule has 2 nitrogen and oxygen atoms in total. The molecule has 3 heteroatoms. The van der Waals surface area contributed by atoms with Crippen LogP contribution in [0.5, 0.6) is 5.75 Å². The van der Waals surface area contributed by atoms with E-state index >= 15 is 0 Å². The number of aromatic nitrogens is 1. The molecule has 0 saturated carbocycles. The van der Waals surface area contributed by atoms with E-state index in [-0.39, 0.29) is 0 Å². The molecule has 0 unspecified atom stereocenters. The standard InChI is InChI=1S/C17H15NOS/c1-2-6-15-13-16(9-8-14(15)5-1)19-11-12-20-17-7-3-4-10-18-17/h1-10,13H,11-12H2. The lowest BCUT2D eigenvalue weighted by Crippen LogP contribution is -2.00. The van der Waals surface area contributed by atoms with Crippen molar-refractivity contribution in [1.29, 1.82) is 0 Å². The molecule has 0 amide bonds. The van der Waals surface area contributed by atoms with Crippen LogP contribution in [-0.2, 0) is 0 Å². The number of thioether (sulfide) groups is 1. The Bertz CT molecular complexity index is 685. The minimum Gasteiger partial charge on any atom is -0.493 e. The first kappa shape index (κ1) is 13.0. The number of fused-ring (bicyclic) bond motifs is 1. The van der Waals surface area contributed by atoms with Crippen molar-refractivity contribution in [2.75, 3.05) is 12.4 Å². The largest absolute Gasteiger partial charge is 0.493 e. The van der Waals surface area contributed by atoms with Gasteiger partial charge in [-0.1, -0.05) is 36.4 Å². The van der Waals surface area contributed by atoms with Crippen molar-refractivity contribution in [3.8, 4) is 5.75 Å². The first-order chi connectivity index (χ1) is 9.92. The summed E-state index contributed by atoms with van der Waals surface area (Å²) in [6.45, 7) is 0.680. The van der Waals surface area contributed by atoms with Gasteiger partial charge in [-0.2, -0.15) is 0 Å². The van der Waals surface area contributed by atoms with Crippen molar-refractivity contribution < 1.29 is 4.74 Å². The van der Waals surface area contributed by atoms with Crippen molar-refractivity contribution in [1.82, 2.24) is 4.98 Å². The van der Waals surface area contributed by atoms with Gasteiger partial charge in [0.2, 0.25) is 0 Å². The van der Waals surface area contributed by atoms with Gasteiger partial charge in [0.05, 0.1) is 11.6 Å². The zero-order chi connectivity index (χ0) is 13.6. The lowest BCUT2D eigenvalue weighted by Gasteiger charge is -2.07. The SMILES string of the molecule is c1ccc(SCCOc2ccc3ccccc3c2)nc1. The summed E-state index contributed by atoms with van der Waals surface area (Å²) in [5.74, 6) is 1.81. The number of benzene rings is 2. The lowest BCUT2D eigenvalue weighted by molar-refractivity contribution is 0.344. The van der Waals surface area contributed by atoms with E-state index in [2.05, 4.69) is 29.2 Å². The van der Waals surface area contributed by atoms with Crippen molar-refractivity contribution in [2.24, 2.45) is 0 Å². The molecule has 0 spiro atoms. The summed E-state index contributed by atoms with van der Waals surface area (Å²) in [5.41, 5.74) is 0. The Morgan fingerprint density at radius 2 is 1.75 bits per heavy atom. The monoisotopic (exact) mass is 281 g/mol. The molecule has 0 aliphatic rings. The van der Waals surface area contributed by atoms with Crippen LogP contribution in [0.1, 0.15) is 0 Å². The van der Waals surface area contributed by atoms with Gasteiger partial charge in [-0.25, -0.2) is 4.98 Å². The fraction of sp³-hybridized carbons (Fsp3) is 0.118. The fourth-order valence-corrected chi connectivity index (χ4v) is 2.68. The van der Waals surface area contributed by atoms with Gasteiger partial charge in [-0.3, -0.25) is 0 Å². The van der Waals surface area contributed by atoms with E-state index in [1.807, 2.05) is 42.6 Å². The molecule has 0 fully saturated rings. The molecule has 0 aliphatic heterocycles. The van der Waals surface area contributed by atoms with Crippen LogP contribution < -0.4 is 4.74 Å². The highest BCUT2D eigenvalue weighted by Crippen LogP contribution is 2.21. The minimum absolute atomic E-state index is 0.680. The fourth-order valence-electron chi connectivity index (χ4n) is 2.00. The third-order valence-electron chi connectivity index (χ3n) is 2.96. The second-order valence-electron chi connectivity index (χ2n) is 4.37. The molecule has 0 radical (unpaired) electrons. The van der Waals surface area contributed by atoms with Gasteiger partial charge in [0, 0.05) is 11.9 Å². The molecular weight excluding hydrogens is 266 g/mol. The summed E-state index contributed by atoms with van der Waals surface area (Å²) < 4.78 is 5.79. The van der Waals surface area contributed by atoms with Crippen molar-refractivity contribution in [3.05, 3.63) is 66.9 Å². The number of hydrogen-bond donors (Lipinski definition) is 0. The van der Waals surface area contributed by atoms with E-state index in [9.17, 15) is 0 Å². The van der Waals surface area contributed by atoms with Crippen molar-refractivity contribution >= 4 is 22.5 Å². The van der Waals surface area contributed by atoms with Crippen LogP contribution >= 0.6 is 11.8 Å². The molecule has 0 bridgehead atoms. The average molecular weight is 281 g/mol. The predicted molar refractivity (Wildman–Crippen MR) is 84.4 cm³/mol. The summed E-state index contributed by atoms with van der Waals surface area (Å²) >= 11 is 1.71. The van der Waals surface area contributed by atoms with Crippen molar-refractivity contribution in [3.63, 3.8) is 0 Å². The van der Waals surface area contributed by atoms with Gasteiger partial charge in [-0.15, -0.1) is 11.8 Å². The highest BCUT2D eigenvalue weighted by atomic mass is 32.2. The zero-order valence-electron chi connectivity index (χ0n) is 11.0. The normalized spacial score (nSPS) is 10.6. The van der Waals surface area contributed by atoms with Gasteiger partial charge in [-0.05, 0) is 35.0 Å². The van der Waals surface area contributed by atoms with E-state index in [1.54, 1.807) is 11.8 Å². The second kappa shape index (κ2) is 6.44. The van der Waals surface area contributed by atoms with Gasteiger partial charge >= 0.3 is 0 Å². The Morgan fingerprint density at radius 1 is 0.900 bits per heavy atom. The van der Waals surface area contributed by atoms with E-state index in [1.165, 1.54) is 10.8 Å². The molecule has 0 N–H and O–H groups in total. The van der Waals surface area contributed by atoms with E-state index in [0.29, 0.717) is 6.61 Å². The maximum absolute atomic E-state index is 5.79. The maximum atomic E-state index is 5.79. The highest BCUT2D eigenvalue weighted by Gasteiger charge is 1.98. The summed E-state index contributed by atoms with van der Waals surface area (Å²) in [6, 6.07) is 20.4. The number of nitrogens with zero attached hydrogens (tertiary/aromatic N) is 1. The number of hydrogen-bond acceptors (Lipinski definition) is 3. The van der Waals surface area contributed by atoms with E-state index in [4.69, 9.17) is 4.74 Å². The average Bonchev–Trinajstić information content (AvgIpc) is 2.52. The third-order valence-corrected chi connectivity index (χ3v) is 3.87. The Morgan fingerprint density at radius 3 is 2.60 bits per heavy atom. The number of ether oxygens (including phenoxy) is 1. The summed E-state index contributed by atoms with van der Waals surface area (Å²) in [7, 11) is 0. The van der Waals surface area contributed by atoms with Gasteiger partial charge in [0.1, 0.15) is 5.75 Å². The van der Waals surface area contributed by atoms with E-state index < -0.39 is 0 Å². The quantitative estimate of drug-likeness (QED) is 0.511. The molecular formula is C17H15NOS. The second-order valence-corrected chi connectivity index (χ2v) is 5.49. The molecule has 0 atom stereocenters. The van der Waals surface area contributed by atoms with E-state index in [0.717, 1.165) is 16.5 Å². The van der Waals surface area contributed by atoms with Gasteiger partial charge in [0.15, 0.2) is 0 Å². The van der Waals surface area contributed by atoms with Crippen LogP contribution in [-0.4, -0.2) is 17.3 Å². The Kier molecular flexibility index (Phi) is 4.19. The summed E-state index contributed by atoms with van der Waals surface area (Å²) in [5, 5.41) is 3.49. The molecule has 2 aromatic carbocycles. The first-order valence-corrected chi connectivity index (χ1v) is 7.56. The molecule has 0 saturated heterocycles. The molecule has 20 heavy (non-hydrogen) atoms. The minimum atomic E-state index is 0.680. The molecule has 0 aliphatic carbocycles. The van der Waals surface area contributed by atoms with Gasteiger partial charge in [0.25, 0.3) is 0 Å². The van der Waals surface area contributed by atoms with Gasteiger partial charge < -0.3 is 4.74 Å². The maximum Gasteiger partial charge on any atom is 0.119 e. The van der Waals surface area contributed by atoms with Crippen LogP contribution in [0.3, 0.4) is 0 Å². The van der Waals surface area contributed by atoms with Crippen LogP contribution in [0.4, 0.5) is 0 Å². The van der Waals surface area contributed by atoms with Crippen LogP contribution in [0.25, 0.3) is 10.8 Å². The summed E-state index contributed by atoms with van der Waals surface area (Å²) in [6.07, 6.45) is 1.81. The lowest BCUT2D eigenvalue weighted by atomic mass is 10.1. The third kappa shape index (κ3) is 3.31. The summed E-state index contributed by atoms with van der Waals surface area (Å²) in [4.78, 5) is 4.27. The number of rotatable bonds is 5. The van der Waals surface area contributed by atoms with Crippen molar-refractivity contribution in [2.45, 2.75) is 5.03 Å². The van der Waals surface area contributed by atoms with Crippen LogP contribution in [0.15, 0.2) is 71.9 Å². The number of pyridine rings is 1. The van der Waals surface area contributed by atoms with Crippen LogP contribution in [0, 0.1) is 0 Å². The topological polar surface area (TPSA) is 22.1 Å². The molecule has 100 valence electrons. The predicted octanol–water partition coefficient (Wildman–Crippen LogP) is 4.41. The highest BCUT2D eigenvalue weighted by molar-refractivity contribution is 7.99. The molecule has 1 aromatic heterocycles. The Hall–Kier alpha value is -2.00. The zero-order valence-corrected chi connectivity index (χ0v) is 11.8.